The number of carbonyl (C=O) groups is 11. The van der Waals surface area contributed by atoms with Crippen LogP contribution >= 0.6 is 12.6 Å². The van der Waals surface area contributed by atoms with Gasteiger partial charge in [0.2, 0.25) is 23.7 Å². The zero-order valence-electron chi connectivity index (χ0n) is 47.0. The van der Waals surface area contributed by atoms with Crippen LogP contribution in [0.4, 0.5) is 11.6 Å². The molecule has 39 heteroatoms. The third-order valence-electron chi connectivity index (χ3n) is 13.7. The average Bonchev–Trinajstić information content (AvgIpc) is 1.05. The summed E-state index contributed by atoms with van der Waals surface area (Å²) >= 11 is 3.77. The Kier molecular flexibility index (Phi) is 30.2. The lowest BCUT2D eigenvalue weighted by molar-refractivity contribution is -0.149. The van der Waals surface area contributed by atoms with Crippen LogP contribution in [-0.4, -0.2) is 271 Å². The van der Waals surface area contributed by atoms with Crippen LogP contribution in [0.1, 0.15) is 61.0 Å². The first kappa shape index (κ1) is 75.9. The van der Waals surface area contributed by atoms with E-state index in [-0.39, 0.29) is 29.2 Å². The van der Waals surface area contributed by atoms with Gasteiger partial charge < -0.3 is 114 Å². The monoisotopic (exact) mass is 1300 g/mol. The van der Waals surface area contributed by atoms with Gasteiger partial charge in [0.1, 0.15) is 54.5 Å². The number of Topliss-reactive ketones (excluding diaryl/α,β-unsaturated/α-hetero) is 3. The van der Waals surface area contributed by atoms with E-state index in [1.165, 1.54) is 30.5 Å². The number of nitrogens with two attached hydrogens (primary N) is 1. The number of ketones is 3. The molecule has 38 nitrogen and oxygen atoms in total. The number of carbonyl (C=O) groups excluding carboxylic acids is 7. The second-order valence-corrected chi connectivity index (χ2v) is 20.7. The Bertz CT molecular complexity index is 3090. The molecule has 0 aliphatic rings. The number of carboxylic acids is 4. The number of amides is 4. The number of rotatable bonds is 41. The molecule has 16 atom stereocenters. The molecule has 3 aromatic rings. The minimum Gasteiger partial charge on any atom is -0.481 e. The second kappa shape index (κ2) is 35.8. The summed E-state index contributed by atoms with van der Waals surface area (Å²) in [4.78, 5) is 171. The van der Waals surface area contributed by atoms with Crippen LogP contribution in [0.3, 0.4) is 0 Å². The molecule has 1 aromatic carbocycles. The van der Waals surface area contributed by atoms with E-state index in [1.807, 2.05) is 10.6 Å². The van der Waals surface area contributed by atoms with E-state index in [9.17, 15) is 139 Å². The highest BCUT2D eigenvalue weighted by molar-refractivity contribution is 7.80. The minimum atomic E-state index is -2.79. The van der Waals surface area contributed by atoms with Crippen LogP contribution in [0, 0.1) is 17.8 Å². The summed E-state index contributed by atoms with van der Waals surface area (Å²) in [6, 6.07) is -3.21. The minimum absolute atomic E-state index is 0.00128. The molecule has 498 valence electrons. The predicted octanol–water partition coefficient (Wildman–Crippen LogP) is -9.76. The highest BCUT2D eigenvalue weighted by Gasteiger charge is 2.44. The summed E-state index contributed by atoms with van der Waals surface area (Å²) in [5.74, 6) is -25.8. The number of nitrogens with one attached hydrogen (secondary N) is 6. The van der Waals surface area contributed by atoms with E-state index in [0.717, 1.165) is 0 Å². The number of hydrogen-bond acceptors (Lipinski definition) is 30. The molecule has 0 fully saturated rings. The Morgan fingerprint density at radius 1 is 0.544 bits per heavy atom. The fraction of sp³-hybridized carbons (Fsp3) is 0.549. The van der Waals surface area contributed by atoms with Crippen molar-refractivity contribution in [2.45, 2.75) is 131 Å². The maximum absolute atomic E-state index is 14.1. The number of hydrogen-bond donors (Lipinski definition) is 24. The molecule has 0 radical (unpaired) electrons. The molecule has 0 spiro atoms. The van der Waals surface area contributed by atoms with Crippen molar-refractivity contribution >= 4 is 100 Å². The third kappa shape index (κ3) is 22.3. The van der Waals surface area contributed by atoms with Crippen molar-refractivity contribution in [1.29, 1.82) is 0 Å². The van der Waals surface area contributed by atoms with Gasteiger partial charge in [-0.05, 0) is 30.7 Å². The summed E-state index contributed by atoms with van der Waals surface area (Å²) in [5, 5.41) is 173. The Balaban J connectivity index is 1.91. The maximum Gasteiger partial charge on any atom is 0.327 e. The summed E-state index contributed by atoms with van der Waals surface area (Å²) in [6.07, 6.45) is -30.0. The van der Waals surface area contributed by atoms with Crippen molar-refractivity contribution in [3.63, 3.8) is 0 Å². The van der Waals surface area contributed by atoms with Gasteiger partial charge in [-0.3, -0.25) is 52.9 Å². The first-order chi connectivity index (χ1) is 42.2. The predicted molar refractivity (Wildman–Crippen MR) is 301 cm³/mol. The Labute approximate surface area is 511 Å². The largest absolute Gasteiger partial charge is 0.481 e. The fourth-order valence-corrected chi connectivity index (χ4v) is 8.79. The standard InChI is InChI=1S/C51H70N10O28S/c52-51-60-43-36(48(85)61-51)55-20(13-54-43)12-53-19-3-1-18(2-4-19)44(81)56-25(49(86)87)6-5-21(65)7-22(37(75)40(78)31(68)14-62)45(82)57-26(10-34(71)72)29(66)8-23(38(76)41(79)32(69)15-63)46(83)58-27(11-35(73)74)30(67)9-24(39(77)42(80)33(70)16-64)47(84)59-28(17-90)50(88)89/h1-4,13,22-28,31-33,37-42,53,62-64,68-70,75-80,90H,5-12,14-17H2,(H,56,81)(H,57,82)(H,58,83)(H,59,84)(H,71,72)(H,73,74)(H,86,87)(H,88,89)(H3,52,54,60,61,85)/t22-,23-,24-,25-,26-,27-,28+,31+,32+,33+,37+,38+,39+,40+,41+,42+/m0/s1. The van der Waals surface area contributed by atoms with E-state index in [4.69, 9.17) is 5.73 Å². The molecule has 90 heavy (non-hydrogen) atoms. The van der Waals surface area contributed by atoms with Crippen molar-refractivity contribution in [2.24, 2.45) is 17.8 Å². The van der Waals surface area contributed by atoms with Gasteiger partial charge in [-0.2, -0.15) is 17.6 Å². The molecule has 24 N–H and O–H groups in total. The number of aromatic amines is 1. The fourth-order valence-electron chi connectivity index (χ4n) is 8.55. The first-order valence-electron chi connectivity index (χ1n) is 26.8. The number of aromatic nitrogens is 4. The molecule has 0 aliphatic carbocycles. The van der Waals surface area contributed by atoms with E-state index in [1.54, 1.807) is 5.32 Å². The molecular weight excluding hydrogens is 1230 g/mol. The molecular formula is C51H70N10O28S. The third-order valence-corrected chi connectivity index (χ3v) is 14.1. The topological polar surface area (TPSA) is 669 Å². The number of aliphatic carboxylic acids is 4. The van der Waals surface area contributed by atoms with E-state index in [2.05, 4.69) is 43.2 Å². The van der Waals surface area contributed by atoms with E-state index >= 15 is 0 Å². The number of nitrogens with zero attached hydrogens (tertiary/aromatic N) is 3. The Morgan fingerprint density at radius 3 is 1.37 bits per heavy atom. The van der Waals surface area contributed by atoms with Crippen molar-refractivity contribution in [3.8, 4) is 0 Å². The average molecular weight is 1300 g/mol. The number of carboxylic acid groups (broad SMARTS) is 4. The number of aliphatic hydroxyl groups is 12. The zero-order chi connectivity index (χ0) is 68.0. The van der Waals surface area contributed by atoms with Crippen LogP contribution in [0.25, 0.3) is 11.2 Å². The molecule has 3 rings (SSSR count). The number of H-pyrrole nitrogens is 1. The van der Waals surface area contributed by atoms with Crippen molar-refractivity contribution in [3.05, 3.63) is 52.1 Å². The normalized spacial score (nSPS) is 16.9. The molecule has 2 aromatic heterocycles. The number of anilines is 2. The van der Waals surface area contributed by atoms with E-state index in [0.29, 0.717) is 11.4 Å². The van der Waals surface area contributed by atoms with Crippen LogP contribution in [-0.2, 0) is 54.5 Å². The van der Waals surface area contributed by atoms with Crippen LogP contribution < -0.4 is 37.9 Å². The zero-order valence-corrected chi connectivity index (χ0v) is 47.9. The molecule has 0 unspecified atom stereocenters. The number of benzene rings is 1. The van der Waals surface area contributed by atoms with Crippen LogP contribution in [0.15, 0.2) is 35.3 Å². The quantitative estimate of drug-likeness (QED) is 0.0235. The summed E-state index contributed by atoms with van der Waals surface area (Å²) in [7, 11) is 0. The lowest BCUT2D eigenvalue weighted by atomic mass is 9.85. The Morgan fingerprint density at radius 2 is 0.967 bits per heavy atom. The van der Waals surface area contributed by atoms with Crippen molar-refractivity contribution in [2.75, 3.05) is 36.6 Å². The SMILES string of the molecule is Nc1nc2ncc(CNc3ccc(C(=O)N[C@@H](CCC(=O)C[C@H](C(=O)N[C@@H](CC(=O)O)C(=O)C[C@H](C(=O)N[C@@H](CC(=O)O)C(=O)C[C@H](C(=O)N[C@H](CS)C(=O)O)[C@@H](O)[C@H](O)[C@H](O)CO)[C@@H](O)[C@H](O)[C@H](O)CO)[C@@H](O)[C@H](O)[C@H](O)CO)C(=O)O)cc3)nc2c(=O)[nH]1. The molecule has 0 saturated heterocycles. The second-order valence-electron chi connectivity index (χ2n) is 20.3. The highest BCUT2D eigenvalue weighted by Crippen LogP contribution is 2.24. The van der Waals surface area contributed by atoms with Gasteiger partial charge in [0, 0.05) is 42.7 Å². The number of thiol groups is 1. The summed E-state index contributed by atoms with van der Waals surface area (Å²) in [6.45, 7) is -3.90. The molecule has 0 saturated carbocycles. The van der Waals surface area contributed by atoms with Gasteiger partial charge in [-0.25, -0.2) is 19.6 Å². The van der Waals surface area contributed by atoms with Gasteiger partial charge in [-0.1, -0.05) is 0 Å². The van der Waals surface area contributed by atoms with E-state index < -0.39 is 238 Å². The highest BCUT2D eigenvalue weighted by atomic mass is 32.1. The van der Waals surface area contributed by atoms with Gasteiger partial charge >= 0.3 is 23.9 Å². The van der Waals surface area contributed by atoms with Crippen LogP contribution in [0.2, 0.25) is 0 Å². The molecule has 2 heterocycles. The Hall–Kier alpha value is -8.32. The maximum atomic E-state index is 14.1. The van der Waals surface area contributed by atoms with Gasteiger partial charge in [-0.15, -0.1) is 0 Å². The molecule has 4 amide bonds. The first-order valence-corrected chi connectivity index (χ1v) is 27.4. The molecule has 0 aliphatic heterocycles. The number of fused-ring (bicyclic) bond motifs is 1. The summed E-state index contributed by atoms with van der Waals surface area (Å²) in [5.41, 5.74) is 5.42. The van der Waals surface area contributed by atoms with Gasteiger partial charge in [0.15, 0.2) is 22.7 Å². The number of nitrogen functional groups attached to an aromatic ring is 1. The van der Waals surface area contributed by atoms with Crippen molar-refractivity contribution in [1.82, 2.24) is 41.2 Å². The van der Waals surface area contributed by atoms with Gasteiger partial charge in [0.05, 0.1) is 99.2 Å². The smallest absolute Gasteiger partial charge is 0.327 e. The lowest BCUT2D eigenvalue weighted by Gasteiger charge is -2.31. The summed E-state index contributed by atoms with van der Waals surface area (Å²) < 4.78 is 0. The van der Waals surface area contributed by atoms with Gasteiger partial charge in [0.25, 0.3) is 11.5 Å². The number of aliphatic hydroxyl groups excluding tert-OH is 12. The molecule has 0 bridgehead atoms. The lowest BCUT2D eigenvalue weighted by Crippen LogP contribution is -2.55. The van der Waals surface area contributed by atoms with Crippen molar-refractivity contribution < 1.29 is 134 Å². The van der Waals surface area contributed by atoms with Crippen LogP contribution in [0.5, 0.6) is 0 Å².